The molecule has 5 heteroatoms. The number of carbonyl (C=O) groups is 2. The maximum atomic E-state index is 10.7. The van der Waals surface area contributed by atoms with Gasteiger partial charge in [0.25, 0.3) is 0 Å². The van der Waals surface area contributed by atoms with Crippen molar-refractivity contribution >= 4 is 12.8 Å². The van der Waals surface area contributed by atoms with Crippen LogP contribution in [0.15, 0.2) is 42.5 Å². The Kier molecular flexibility index (Phi) is 8.74. The Bertz CT molecular complexity index is 384. The number of benzene rings is 1. The summed E-state index contributed by atoms with van der Waals surface area (Å²) in [5, 5.41) is 8.63. The summed E-state index contributed by atoms with van der Waals surface area (Å²) >= 11 is 0. The highest BCUT2D eigenvalue weighted by Gasteiger charge is 2.24. The van der Waals surface area contributed by atoms with Crippen molar-refractivity contribution in [1.29, 1.82) is 0 Å². The molecule has 104 valence electrons. The minimum Gasteiger partial charge on any atom is -0.508 e. The zero-order valence-electron chi connectivity index (χ0n) is 10.9. The molecule has 1 unspecified atom stereocenters. The second-order valence-electron chi connectivity index (χ2n) is 3.67. The van der Waals surface area contributed by atoms with Crippen LogP contribution in [0, 0.1) is 0 Å². The zero-order valence-corrected chi connectivity index (χ0v) is 10.9. The maximum absolute atomic E-state index is 10.7. The number of para-hydroxylation sites is 1. The fraction of sp³-hybridized carbons (Fsp3) is 0.286. The molecule has 2 rings (SSSR count). The van der Waals surface area contributed by atoms with Crippen LogP contribution < -0.4 is 0 Å². The number of phenols is 1. The van der Waals surface area contributed by atoms with Crippen LogP contribution in [0.5, 0.6) is 5.75 Å². The third-order valence-electron chi connectivity index (χ3n) is 1.91. The first-order chi connectivity index (χ1) is 9.09. The van der Waals surface area contributed by atoms with Gasteiger partial charge in [0.05, 0.1) is 6.61 Å². The van der Waals surface area contributed by atoms with Crippen molar-refractivity contribution in [2.75, 3.05) is 13.2 Å². The predicted octanol–water partition coefficient (Wildman–Crippen LogP) is 1.71. The summed E-state index contributed by atoms with van der Waals surface area (Å²) in [7, 11) is 0. The minimum absolute atomic E-state index is 0.142. The van der Waals surface area contributed by atoms with E-state index in [1.807, 2.05) is 12.9 Å². The van der Waals surface area contributed by atoms with Crippen LogP contribution in [0.2, 0.25) is 0 Å². The molecule has 1 N–H and O–H groups in total. The normalized spacial score (nSPS) is 14.9. The highest BCUT2D eigenvalue weighted by molar-refractivity contribution is 5.86. The van der Waals surface area contributed by atoms with Gasteiger partial charge >= 0.3 is 5.97 Å². The van der Waals surface area contributed by atoms with Crippen molar-refractivity contribution < 1.29 is 24.2 Å². The van der Waals surface area contributed by atoms with Crippen molar-refractivity contribution in [2.45, 2.75) is 13.0 Å². The van der Waals surface area contributed by atoms with E-state index in [9.17, 15) is 4.79 Å². The van der Waals surface area contributed by atoms with Crippen LogP contribution in [-0.2, 0) is 19.1 Å². The average Bonchev–Trinajstić information content (AvgIpc) is 3.24. The van der Waals surface area contributed by atoms with E-state index in [-0.39, 0.29) is 12.1 Å². The van der Waals surface area contributed by atoms with E-state index in [2.05, 4.69) is 6.58 Å². The van der Waals surface area contributed by atoms with Gasteiger partial charge in [-0.1, -0.05) is 24.8 Å². The Balaban J connectivity index is 0.000000316. The van der Waals surface area contributed by atoms with Crippen molar-refractivity contribution in [2.24, 2.45) is 0 Å². The summed E-state index contributed by atoms with van der Waals surface area (Å²) in [6, 6.07) is 8.71. The molecular weight excluding hydrogens is 248 g/mol. The molecule has 5 nitrogen and oxygen atoms in total. The Labute approximate surface area is 112 Å². The van der Waals surface area contributed by atoms with Gasteiger partial charge < -0.3 is 19.4 Å². The molecule has 1 atom stereocenters. The van der Waals surface area contributed by atoms with Crippen LogP contribution in [-0.4, -0.2) is 37.2 Å². The Hall–Kier alpha value is -2.14. The smallest absolute Gasteiger partial charge is 0.333 e. The number of ether oxygens (including phenoxy) is 2. The van der Waals surface area contributed by atoms with Crippen molar-refractivity contribution in [1.82, 2.24) is 0 Å². The van der Waals surface area contributed by atoms with Crippen LogP contribution in [0.3, 0.4) is 0 Å². The highest BCUT2D eigenvalue weighted by Crippen LogP contribution is 2.09. The first-order valence-corrected chi connectivity index (χ1v) is 5.56. The number of hydrogen-bond acceptors (Lipinski definition) is 5. The number of rotatable bonds is 3. The molecule has 0 aromatic heterocycles. The SMILES string of the molecule is C=C(C)C(=O)OCC1CO1.C=O.Oc1ccccc1. The van der Waals surface area contributed by atoms with E-state index in [0.29, 0.717) is 24.5 Å². The van der Waals surface area contributed by atoms with Gasteiger partial charge in [-0.25, -0.2) is 4.79 Å². The van der Waals surface area contributed by atoms with Gasteiger partial charge in [0, 0.05) is 5.57 Å². The third kappa shape index (κ3) is 9.55. The first kappa shape index (κ1) is 16.9. The molecular formula is C14H18O5. The molecule has 0 spiro atoms. The monoisotopic (exact) mass is 266 g/mol. The van der Waals surface area contributed by atoms with Gasteiger partial charge in [-0.2, -0.15) is 0 Å². The largest absolute Gasteiger partial charge is 0.508 e. The summed E-state index contributed by atoms with van der Waals surface area (Å²) in [5.41, 5.74) is 0.431. The third-order valence-corrected chi connectivity index (χ3v) is 1.91. The Morgan fingerprint density at radius 3 is 2.26 bits per heavy atom. The summed E-state index contributed by atoms with van der Waals surface area (Å²) in [6.45, 7) is 8.14. The number of aromatic hydroxyl groups is 1. The molecule has 19 heavy (non-hydrogen) atoms. The number of esters is 1. The van der Waals surface area contributed by atoms with Gasteiger partial charge in [-0.05, 0) is 19.1 Å². The van der Waals surface area contributed by atoms with E-state index < -0.39 is 0 Å². The van der Waals surface area contributed by atoms with E-state index in [0.717, 1.165) is 0 Å². The van der Waals surface area contributed by atoms with Gasteiger partial charge in [0.15, 0.2) is 0 Å². The molecule has 0 saturated carbocycles. The number of epoxide rings is 1. The topological polar surface area (TPSA) is 76.1 Å². The first-order valence-electron chi connectivity index (χ1n) is 5.56. The van der Waals surface area contributed by atoms with Crippen molar-refractivity contribution in [3.8, 4) is 5.75 Å². The van der Waals surface area contributed by atoms with Crippen LogP contribution in [0.1, 0.15) is 6.92 Å². The van der Waals surface area contributed by atoms with Crippen LogP contribution in [0.4, 0.5) is 0 Å². The standard InChI is InChI=1S/C7H10O3.C6H6O.CH2O/c1-5(2)7(8)10-4-6-3-9-6;7-6-4-2-1-3-5-6;1-2/h6H,1,3-4H2,2H3;1-5,7H;1H2. The summed E-state index contributed by atoms with van der Waals surface area (Å²) < 4.78 is 9.60. The molecule has 0 radical (unpaired) electrons. The van der Waals surface area contributed by atoms with Gasteiger partial charge in [0.2, 0.25) is 0 Å². The minimum atomic E-state index is -0.337. The molecule has 1 aliphatic heterocycles. The Morgan fingerprint density at radius 1 is 1.42 bits per heavy atom. The van der Waals surface area contributed by atoms with Crippen molar-refractivity contribution in [3.63, 3.8) is 0 Å². The lowest BCUT2D eigenvalue weighted by molar-refractivity contribution is -0.139. The van der Waals surface area contributed by atoms with Gasteiger partial charge in [-0.15, -0.1) is 0 Å². The molecule has 0 aliphatic carbocycles. The molecule has 1 aromatic rings. The number of phenolic OH excluding ortho intramolecular Hbond substituents is 1. The van der Waals surface area contributed by atoms with Gasteiger partial charge in [0.1, 0.15) is 25.2 Å². The molecule has 0 bridgehead atoms. The lowest BCUT2D eigenvalue weighted by atomic mass is 10.3. The van der Waals surface area contributed by atoms with Gasteiger partial charge in [-0.3, -0.25) is 0 Å². The lowest BCUT2D eigenvalue weighted by Crippen LogP contribution is -2.09. The lowest BCUT2D eigenvalue weighted by Gasteiger charge is -1.99. The summed E-state index contributed by atoms with van der Waals surface area (Å²) in [5.74, 6) is -0.0157. The highest BCUT2D eigenvalue weighted by atomic mass is 16.6. The van der Waals surface area contributed by atoms with E-state index >= 15 is 0 Å². The zero-order chi connectivity index (χ0) is 14.7. The predicted molar refractivity (Wildman–Crippen MR) is 70.7 cm³/mol. The number of carbonyl (C=O) groups excluding carboxylic acids is 2. The van der Waals surface area contributed by atoms with Crippen molar-refractivity contribution in [3.05, 3.63) is 42.5 Å². The fourth-order valence-corrected chi connectivity index (χ4v) is 0.884. The molecule has 1 fully saturated rings. The fourth-order valence-electron chi connectivity index (χ4n) is 0.884. The molecule has 1 saturated heterocycles. The second kappa shape index (κ2) is 9.85. The maximum Gasteiger partial charge on any atom is 0.333 e. The Morgan fingerprint density at radius 2 is 1.95 bits per heavy atom. The molecule has 0 amide bonds. The van der Waals surface area contributed by atoms with Crippen LogP contribution in [0.25, 0.3) is 0 Å². The molecule has 1 aliphatic rings. The molecule has 1 aromatic carbocycles. The van der Waals surface area contributed by atoms with E-state index in [1.165, 1.54) is 0 Å². The second-order valence-corrected chi connectivity index (χ2v) is 3.67. The van der Waals surface area contributed by atoms with E-state index in [4.69, 9.17) is 19.4 Å². The number of hydrogen-bond donors (Lipinski definition) is 1. The quantitative estimate of drug-likeness (QED) is 0.512. The van der Waals surface area contributed by atoms with E-state index in [1.54, 1.807) is 31.2 Å². The van der Waals surface area contributed by atoms with Crippen LogP contribution >= 0.6 is 0 Å². The summed E-state index contributed by atoms with van der Waals surface area (Å²) in [4.78, 5) is 18.7. The summed E-state index contributed by atoms with van der Waals surface area (Å²) in [6.07, 6.45) is 0.142. The molecule has 1 heterocycles. The average molecular weight is 266 g/mol.